The van der Waals surface area contributed by atoms with Crippen LogP contribution in [0.2, 0.25) is 0 Å². The summed E-state index contributed by atoms with van der Waals surface area (Å²) in [5.41, 5.74) is 4.85. The van der Waals surface area contributed by atoms with E-state index in [0.29, 0.717) is 32.0 Å². The third-order valence-electron chi connectivity index (χ3n) is 4.26. The van der Waals surface area contributed by atoms with E-state index in [-0.39, 0.29) is 22.7 Å². The predicted octanol–water partition coefficient (Wildman–Crippen LogP) is 1.70. The van der Waals surface area contributed by atoms with Gasteiger partial charge in [0.05, 0.1) is 23.1 Å². The van der Waals surface area contributed by atoms with Crippen molar-refractivity contribution in [3.63, 3.8) is 0 Å². The van der Waals surface area contributed by atoms with Gasteiger partial charge < -0.3 is 31.2 Å². The second kappa shape index (κ2) is 18.1. The van der Waals surface area contributed by atoms with E-state index >= 15 is 0 Å². The van der Waals surface area contributed by atoms with Crippen LogP contribution in [0.1, 0.15) is 20.7 Å². The molecular weight excluding hydrogens is 495 g/mol. The van der Waals surface area contributed by atoms with Gasteiger partial charge in [0.1, 0.15) is 5.69 Å². The van der Waals surface area contributed by atoms with Gasteiger partial charge in [-0.15, -0.1) is 0 Å². The molecule has 0 aliphatic carbocycles. The van der Waals surface area contributed by atoms with E-state index in [1.165, 1.54) is 38.4 Å². The predicted molar refractivity (Wildman–Crippen MR) is 134 cm³/mol. The van der Waals surface area contributed by atoms with Gasteiger partial charge in [0.25, 0.3) is 17.5 Å². The number of hydrogen-bond donors (Lipinski definition) is 4. The number of rotatable bonds is 10. The lowest BCUT2D eigenvalue weighted by Gasteiger charge is -2.07. The highest BCUT2D eigenvalue weighted by Crippen LogP contribution is 2.25. The number of hydrogen-bond acceptors (Lipinski definition) is 10. The topological polar surface area (TPSA) is 201 Å². The van der Waals surface area contributed by atoms with Crippen molar-refractivity contribution in [2.24, 2.45) is 5.73 Å². The normalized spacial score (nSPS) is 9.57. The number of methoxy groups -OCH3 is 2. The summed E-state index contributed by atoms with van der Waals surface area (Å²) in [5, 5.41) is 28.8. The molecule has 0 bridgehead atoms. The molecule has 0 fully saturated rings. The van der Waals surface area contributed by atoms with Crippen LogP contribution in [0, 0.1) is 26.0 Å². The molecule has 14 nitrogen and oxygen atoms in total. The molecule has 2 aromatic rings. The Bertz CT molecular complexity index is 1050. The van der Waals surface area contributed by atoms with Crippen molar-refractivity contribution in [1.29, 1.82) is 0 Å². The summed E-state index contributed by atoms with van der Waals surface area (Å²) < 4.78 is 22.2. The SMILES string of the molecule is CNC(=O)c1ccc(F)c([N+](=O)[O-])c1.CNC(=O)c1ccc(NCCOC)c([N+](=O)[O-])c1.COCCN. The van der Waals surface area contributed by atoms with Crippen molar-refractivity contribution >= 4 is 28.9 Å². The van der Waals surface area contributed by atoms with E-state index in [9.17, 15) is 34.2 Å². The second-order valence-electron chi connectivity index (χ2n) is 6.77. The number of nitrogens with zero attached hydrogens (tertiary/aromatic N) is 2. The Balaban J connectivity index is 0.000000605. The van der Waals surface area contributed by atoms with Crippen LogP contribution in [-0.2, 0) is 9.47 Å². The van der Waals surface area contributed by atoms with Crippen LogP contribution in [0.15, 0.2) is 36.4 Å². The lowest BCUT2D eigenvalue weighted by molar-refractivity contribution is -0.387. The minimum atomic E-state index is -0.956. The number of nitrogens with two attached hydrogens (primary N) is 1. The first kappa shape index (κ1) is 32.8. The number of nitrogens with one attached hydrogen (secondary N) is 3. The van der Waals surface area contributed by atoms with Gasteiger partial charge in [-0.3, -0.25) is 29.8 Å². The fourth-order valence-corrected chi connectivity index (χ4v) is 2.46. The average molecular weight is 527 g/mol. The van der Waals surface area contributed by atoms with Gasteiger partial charge in [0.2, 0.25) is 5.82 Å². The van der Waals surface area contributed by atoms with Gasteiger partial charge in [-0.05, 0) is 24.3 Å². The van der Waals surface area contributed by atoms with E-state index in [4.69, 9.17) is 10.5 Å². The number of amides is 2. The molecule has 5 N–H and O–H groups in total. The van der Waals surface area contributed by atoms with Crippen molar-refractivity contribution in [2.75, 3.05) is 59.9 Å². The van der Waals surface area contributed by atoms with Crippen LogP contribution in [0.4, 0.5) is 21.5 Å². The molecular formula is C22H31FN6O8. The number of benzene rings is 2. The summed E-state index contributed by atoms with van der Waals surface area (Å²) in [6.45, 7) is 2.18. The van der Waals surface area contributed by atoms with Crippen molar-refractivity contribution in [3.8, 4) is 0 Å². The molecule has 0 saturated heterocycles. The zero-order valence-electron chi connectivity index (χ0n) is 20.9. The molecule has 0 spiro atoms. The lowest BCUT2D eigenvalue weighted by atomic mass is 10.1. The largest absolute Gasteiger partial charge is 0.383 e. The Kier molecular flexibility index (Phi) is 16.1. The Morgan fingerprint density at radius 2 is 1.38 bits per heavy atom. The quantitative estimate of drug-likeness (QED) is 0.200. The average Bonchev–Trinajstić information content (AvgIpc) is 2.89. The smallest absolute Gasteiger partial charge is 0.305 e. The number of nitro groups is 2. The van der Waals surface area contributed by atoms with Gasteiger partial charge >= 0.3 is 5.69 Å². The highest BCUT2D eigenvalue weighted by molar-refractivity contribution is 5.95. The zero-order valence-corrected chi connectivity index (χ0v) is 20.9. The molecule has 0 radical (unpaired) electrons. The number of carbonyl (C=O) groups excluding carboxylic acids is 2. The van der Waals surface area contributed by atoms with Crippen LogP contribution >= 0.6 is 0 Å². The van der Waals surface area contributed by atoms with Gasteiger partial charge in [0.15, 0.2) is 0 Å². The van der Waals surface area contributed by atoms with Gasteiger partial charge in [-0.1, -0.05) is 0 Å². The third kappa shape index (κ3) is 11.9. The van der Waals surface area contributed by atoms with Crippen molar-refractivity contribution in [3.05, 3.63) is 73.6 Å². The number of anilines is 1. The molecule has 204 valence electrons. The minimum Gasteiger partial charge on any atom is -0.383 e. The maximum Gasteiger partial charge on any atom is 0.305 e. The molecule has 0 aromatic heterocycles. The van der Waals surface area contributed by atoms with E-state index in [0.717, 1.165) is 12.1 Å². The Labute approximate surface area is 212 Å². The molecule has 2 aromatic carbocycles. The molecule has 0 aliphatic heterocycles. The molecule has 37 heavy (non-hydrogen) atoms. The molecule has 2 rings (SSSR count). The van der Waals surface area contributed by atoms with Crippen molar-refractivity contribution in [2.45, 2.75) is 0 Å². The molecule has 0 aliphatic rings. The third-order valence-corrected chi connectivity index (χ3v) is 4.26. The fourth-order valence-electron chi connectivity index (χ4n) is 2.46. The summed E-state index contributed by atoms with van der Waals surface area (Å²) >= 11 is 0. The molecule has 0 saturated carbocycles. The molecule has 0 heterocycles. The summed E-state index contributed by atoms with van der Waals surface area (Å²) in [6, 6.07) is 7.26. The maximum atomic E-state index is 12.8. The van der Waals surface area contributed by atoms with Gasteiger partial charge in [-0.25, -0.2) is 0 Å². The van der Waals surface area contributed by atoms with Crippen LogP contribution < -0.4 is 21.7 Å². The lowest BCUT2D eigenvalue weighted by Crippen LogP contribution is -2.18. The molecule has 15 heteroatoms. The summed E-state index contributed by atoms with van der Waals surface area (Å²) in [4.78, 5) is 42.3. The Morgan fingerprint density at radius 3 is 1.78 bits per heavy atom. The molecule has 0 atom stereocenters. The van der Waals surface area contributed by atoms with E-state index in [2.05, 4.69) is 20.7 Å². The second-order valence-corrected chi connectivity index (χ2v) is 6.77. The number of nitro benzene ring substituents is 2. The van der Waals surface area contributed by atoms with Gasteiger partial charge in [0, 0.05) is 64.7 Å². The van der Waals surface area contributed by atoms with Crippen LogP contribution in [-0.4, -0.2) is 76.3 Å². The van der Waals surface area contributed by atoms with E-state index in [1.807, 2.05) is 0 Å². The van der Waals surface area contributed by atoms with Crippen molar-refractivity contribution < 1.29 is 33.3 Å². The number of halogens is 1. The van der Waals surface area contributed by atoms with E-state index in [1.54, 1.807) is 14.2 Å². The van der Waals surface area contributed by atoms with Crippen LogP contribution in [0.5, 0.6) is 0 Å². The van der Waals surface area contributed by atoms with Crippen LogP contribution in [0.3, 0.4) is 0 Å². The maximum absolute atomic E-state index is 12.8. The first-order chi connectivity index (χ1) is 17.6. The standard InChI is InChI=1S/C11H15N3O4.C8H7FN2O3.C3H9NO/c1-12-11(15)8-3-4-9(13-5-6-18-2)10(7-8)14(16)17;1-10-8(12)5-2-3-6(9)7(4-5)11(13)14;1-5-3-2-4/h3-4,7,13H,5-6H2,1-2H3,(H,12,15);2-4H,1H3,(H,10,12);2-4H2,1H3. The first-order valence-electron chi connectivity index (χ1n) is 10.7. The van der Waals surface area contributed by atoms with Crippen molar-refractivity contribution in [1.82, 2.24) is 10.6 Å². The van der Waals surface area contributed by atoms with Gasteiger partial charge in [-0.2, -0.15) is 4.39 Å². The summed E-state index contributed by atoms with van der Waals surface area (Å²) in [7, 11) is 6.04. The number of carbonyl (C=O) groups is 2. The molecule has 2 amide bonds. The fraction of sp³-hybridized carbons (Fsp3) is 0.364. The summed E-state index contributed by atoms with van der Waals surface area (Å²) in [6.07, 6.45) is 0. The minimum absolute atomic E-state index is 0.0561. The van der Waals surface area contributed by atoms with Crippen LogP contribution in [0.25, 0.3) is 0 Å². The summed E-state index contributed by atoms with van der Waals surface area (Å²) in [5.74, 6) is -1.81. The highest BCUT2D eigenvalue weighted by atomic mass is 19.1. The zero-order chi connectivity index (χ0) is 28.4. The number of ether oxygens (including phenoxy) is 2. The Morgan fingerprint density at radius 1 is 0.892 bits per heavy atom. The monoisotopic (exact) mass is 526 g/mol. The van der Waals surface area contributed by atoms with E-state index < -0.39 is 27.3 Å². The highest BCUT2D eigenvalue weighted by Gasteiger charge is 2.17. The molecule has 0 unspecified atom stereocenters. The first-order valence-corrected chi connectivity index (χ1v) is 10.7. The Hall–Kier alpha value is -4.21.